The van der Waals surface area contributed by atoms with Gasteiger partial charge in [-0.3, -0.25) is 0 Å². The van der Waals surface area contributed by atoms with E-state index in [9.17, 15) is 0 Å². The van der Waals surface area contributed by atoms with E-state index in [1.807, 2.05) is 12.1 Å². The Morgan fingerprint density at radius 1 is 1.67 bits per heavy atom. The average Bonchev–Trinajstić information content (AvgIpc) is 2.15. The number of pyridine rings is 1. The first-order valence-corrected chi connectivity index (χ1v) is 6.52. The van der Waals surface area contributed by atoms with Crippen molar-refractivity contribution in [2.24, 2.45) is 0 Å². The molecule has 0 aliphatic heterocycles. The van der Waals surface area contributed by atoms with Crippen LogP contribution < -0.4 is 4.74 Å². The summed E-state index contributed by atoms with van der Waals surface area (Å²) in [4.78, 5) is 4.01. The van der Waals surface area contributed by atoms with E-state index in [0.29, 0.717) is 5.88 Å². The van der Waals surface area contributed by atoms with E-state index >= 15 is 0 Å². The molecule has 12 heavy (non-hydrogen) atoms. The summed E-state index contributed by atoms with van der Waals surface area (Å²) in [5, 5.41) is 2.87. The van der Waals surface area contributed by atoms with E-state index < -0.39 is 0 Å². The molecule has 0 fully saturated rings. The van der Waals surface area contributed by atoms with Gasteiger partial charge >= 0.3 is 0 Å². The minimum absolute atomic E-state index is 0.579. The Balaban J connectivity index is 2.97. The zero-order valence-corrected chi connectivity index (χ0v) is 9.35. The third-order valence-corrected chi connectivity index (χ3v) is 2.03. The zero-order valence-electron chi connectivity index (χ0n) is 6.37. The van der Waals surface area contributed by atoms with Gasteiger partial charge in [-0.1, -0.05) is 0 Å². The molecule has 0 radical (unpaired) electrons. The second-order valence-corrected chi connectivity index (χ2v) is 3.54. The summed E-state index contributed by atoms with van der Waals surface area (Å²) in [6.45, 7) is 0. The maximum atomic E-state index is 5.02. The first kappa shape index (κ1) is 9.68. The van der Waals surface area contributed by atoms with Crippen LogP contribution in [0, 0.1) is 11.2 Å². The summed E-state index contributed by atoms with van der Waals surface area (Å²) in [6, 6.07) is 3.72. The van der Waals surface area contributed by atoms with Gasteiger partial charge in [-0.15, -0.1) is 0 Å². The molecule has 4 heteroatoms. The third kappa shape index (κ3) is 2.57. The first-order chi connectivity index (χ1) is 5.88. The topological polar surface area (TPSA) is 22.1 Å². The summed E-state index contributed by atoms with van der Waals surface area (Å²) < 4.78 is 5.02. The molecule has 0 unspecified atom stereocenters. The van der Waals surface area contributed by atoms with Gasteiger partial charge < -0.3 is 4.74 Å². The lowest BCUT2D eigenvalue weighted by molar-refractivity contribution is 0.396. The van der Waals surface area contributed by atoms with Gasteiger partial charge in [0.15, 0.2) is 0 Å². The smallest absolute Gasteiger partial charge is 0.229 e. The lowest BCUT2D eigenvalue weighted by Crippen LogP contribution is -1.89. The first-order valence-electron chi connectivity index (χ1n) is 3.16. The highest BCUT2D eigenvalue weighted by atomic mass is 127. The van der Waals surface area contributed by atoms with Crippen molar-refractivity contribution in [3.05, 3.63) is 23.9 Å². The molecule has 0 saturated carbocycles. The predicted octanol–water partition coefficient (Wildman–Crippen LogP) is 2.48. The Morgan fingerprint density at radius 2 is 2.50 bits per heavy atom. The van der Waals surface area contributed by atoms with E-state index in [1.165, 1.54) is 8.93 Å². The van der Waals surface area contributed by atoms with Gasteiger partial charge in [0.25, 0.3) is 0 Å². The van der Waals surface area contributed by atoms with E-state index in [4.69, 9.17) is 4.74 Å². The van der Waals surface area contributed by atoms with Crippen LogP contribution in [-0.4, -0.2) is 12.1 Å². The van der Waals surface area contributed by atoms with E-state index in [-0.39, 0.29) is 0 Å². The van der Waals surface area contributed by atoms with E-state index in [2.05, 4.69) is 37.4 Å². The number of methoxy groups -OCH3 is 1. The van der Waals surface area contributed by atoms with Crippen molar-refractivity contribution in [2.75, 3.05) is 7.11 Å². The number of nitrogens with zero attached hydrogens (tertiary/aromatic N) is 1. The molecule has 0 N–H and O–H groups in total. The summed E-state index contributed by atoms with van der Waals surface area (Å²) in [5.74, 6) is 3.51. The van der Waals surface area contributed by atoms with Crippen molar-refractivity contribution in [3.8, 4) is 17.1 Å². The number of ether oxygens (including phenoxy) is 1. The quantitative estimate of drug-likeness (QED) is 0.586. The summed E-state index contributed by atoms with van der Waals surface area (Å²) in [7, 11) is 3.03. The Kier molecular flexibility index (Phi) is 4.25. The van der Waals surface area contributed by atoms with Gasteiger partial charge in [0.05, 0.1) is 12.7 Å². The fourth-order valence-electron chi connectivity index (χ4n) is 0.723. The van der Waals surface area contributed by atoms with Crippen LogP contribution in [0.3, 0.4) is 0 Å². The molecular formula is C8H6INOS. The molecule has 0 aromatic carbocycles. The van der Waals surface area contributed by atoms with Gasteiger partial charge in [0.2, 0.25) is 5.88 Å². The molecule has 0 bridgehead atoms. The van der Waals surface area contributed by atoms with E-state index in [1.54, 1.807) is 13.3 Å². The minimum Gasteiger partial charge on any atom is -0.480 e. The zero-order chi connectivity index (χ0) is 8.81. The highest BCUT2D eigenvalue weighted by molar-refractivity contribution is 14.2. The molecule has 1 aromatic heterocycles. The van der Waals surface area contributed by atoms with Crippen LogP contribution in [0.2, 0.25) is 0 Å². The van der Waals surface area contributed by atoms with Crippen LogP contribution in [0.25, 0.3) is 0 Å². The Labute approximate surface area is 87.7 Å². The normalized spacial score (nSPS) is 8.50. The van der Waals surface area contributed by atoms with Gasteiger partial charge in [-0.05, 0) is 32.2 Å². The van der Waals surface area contributed by atoms with Crippen molar-refractivity contribution in [1.29, 1.82) is 0 Å². The number of hydrogen-bond acceptors (Lipinski definition) is 3. The molecule has 0 aliphatic carbocycles. The molecule has 2 nitrogen and oxygen atoms in total. The summed E-state index contributed by atoms with van der Waals surface area (Å²) >= 11 is 2.12. The molecule has 1 rings (SSSR count). The van der Waals surface area contributed by atoms with Crippen LogP contribution in [0.5, 0.6) is 5.88 Å². The van der Waals surface area contributed by atoms with Gasteiger partial charge in [-0.25, -0.2) is 4.98 Å². The van der Waals surface area contributed by atoms with Crippen molar-refractivity contribution < 1.29 is 4.74 Å². The fraction of sp³-hybridized carbons (Fsp3) is 0.125. The van der Waals surface area contributed by atoms with Gasteiger partial charge in [-0.2, -0.15) is 0 Å². The largest absolute Gasteiger partial charge is 0.480 e. The van der Waals surface area contributed by atoms with Crippen molar-refractivity contribution in [2.45, 2.75) is 0 Å². The second-order valence-electron chi connectivity index (χ2n) is 1.86. The van der Waals surface area contributed by atoms with E-state index in [0.717, 1.165) is 5.56 Å². The van der Waals surface area contributed by atoms with Crippen LogP contribution in [-0.2, 0) is 0 Å². The van der Waals surface area contributed by atoms with Crippen molar-refractivity contribution in [3.63, 3.8) is 0 Å². The Morgan fingerprint density at radius 3 is 3.17 bits per heavy atom. The molecular weight excluding hydrogens is 285 g/mol. The molecule has 0 spiro atoms. The van der Waals surface area contributed by atoms with Gasteiger partial charge in [0.1, 0.15) is 0 Å². The third-order valence-electron chi connectivity index (χ3n) is 1.19. The van der Waals surface area contributed by atoms with Crippen LogP contribution in [0.15, 0.2) is 18.3 Å². The maximum absolute atomic E-state index is 5.02. The summed E-state index contributed by atoms with van der Waals surface area (Å²) in [5.41, 5.74) is 0.823. The molecule has 0 amide bonds. The molecule has 62 valence electrons. The highest BCUT2D eigenvalue weighted by Crippen LogP contribution is 2.13. The van der Waals surface area contributed by atoms with Crippen LogP contribution in [0.4, 0.5) is 0 Å². The standard InChI is InChI=1S/C8H6INOS/c1-11-8-7(4-6-12-9)3-2-5-10-8/h2-3,5H,1H3. The van der Waals surface area contributed by atoms with Crippen molar-refractivity contribution in [1.82, 2.24) is 4.98 Å². The molecule has 0 atom stereocenters. The highest BCUT2D eigenvalue weighted by Gasteiger charge is 1.97. The maximum Gasteiger partial charge on any atom is 0.229 e. The monoisotopic (exact) mass is 291 g/mol. The number of halogens is 1. The molecule has 1 heterocycles. The van der Waals surface area contributed by atoms with Crippen LogP contribution >= 0.6 is 30.1 Å². The van der Waals surface area contributed by atoms with Crippen molar-refractivity contribution >= 4 is 30.1 Å². The number of rotatable bonds is 1. The Hall–Kier alpha value is -0.410. The minimum atomic E-state index is 0.579. The summed E-state index contributed by atoms with van der Waals surface area (Å²) in [6.07, 6.45) is 1.68. The predicted molar refractivity (Wildman–Crippen MR) is 59.3 cm³/mol. The second kappa shape index (κ2) is 5.27. The molecule has 0 aliphatic rings. The number of aromatic nitrogens is 1. The SMILES string of the molecule is COc1ncccc1C#CSI. The Bertz CT molecular complexity index is 318. The molecule has 0 saturated heterocycles. The lowest BCUT2D eigenvalue weighted by atomic mass is 10.3. The lowest BCUT2D eigenvalue weighted by Gasteiger charge is -1.98. The average molecular weight is 291 g/mol. The van der Waals surface area contributed by atoms with Crippen LogP contribution in [0.1, 0.15) is 5.56 Å². The molecule has 1 aromatic rings. The fourth-order valence-corrected chi connectivity index (χ4v) is 1.20. The number of hydrogen-bond donors (Lipinski definition) is 0. The van der Waals surface area contributed by atoms with Gasteiger partial charge in [0, 0.05) is 27.4 Å².